The molecule has 1 aliphatic heterocycles. The minimum Gasteiger partial charge on any atom is -0.390 e. The maximum Gasteiger partial charge on any atom is 0.233 e. The summed E-state index contributed by atoms with van der Waals surface area (Å²) in [5.41, 5.74) is 0. The molecular formula is C13H17NO3. The molecule has 3 rings (SSSR count). The van der Waals surface area contributed by atoms with Gasteiger partial charge in [0, 0.05) is 0 Å². The zero-order chi connectivity index (χ0) is 12.0. The molecule has 0 radical (unpaired) electrons. The lowest BCUT2D eigenvalue weighted by molar-refractivity contribution is -0.143. The van der Waals surface area contributed by atoms with Gasteiger partial charge in [0.15, 0.2) is 0 Å². The van der Waals surface area contributed by atoms with Gasteiger partial charge in [-0.3, -0.25) is 14.5 Å². The fraction of sp³-hybridized carbons (Fsp3) is 0.692. The normalized spacial score (nSPS) is 41.1. The predicted molar refractivity (Wildman–Crippen MR) is 60.9 cm³/mol. The molecule has 4 nitrogen and oxygen atoms in total. The molecule has 3 aliphatic rings. The number of rotatable bonds is 1. The molecule has 1 saturated heterocycles. The third-order valence-corrected chi connectivity index (χ3v) is 4.28. The molecule has 2 aliphatic carbocycles. The maximum atomic E-state index is 12.2. The van der Waals surface area contributed by atoms with Crippen molar-refractivity contribution in [2.75, 3.05) is 0 Å². The highest BCUT2D eigenvalue weighted by Crippen LogP contribution is 2.40. The average molecular weight is 235 g/mol. The monoisotopic (exact) mass is 235 g/mol. The maximum absolute atomic E-state index is 12.2. The molecule has 0 bridgehead atoms. The zero-order valence-electron chi connectivity index (χ0n) is 9.71. The summed E-state index contributed by atoms with van der Waals surface area (Å²) in [6.45, 7) is 0. The van der Waals surface area contributed by atoms with Gasteiger partial charge in [0.2, 0.25) is 11.8 Å². The van der Waals surface area contributed by atoms with E-state index in [1.807, 2.05) is 6.08 Å². The van der Waals surface area contributed by atoms with Crippen LogP contribution in [-0.4, -0.2) is 34.0 Å². The van der Waals surface area contributed by atoms with E-state index in [-0.39, 0.29) is 23.7 Å². The summed E-state index contributed by atoms with van der Waals surface area (Å²) >= 11 is 0. The number of aliphatic hydroxyl groups excluding tert-OH is 1. The van der Waals surface area contributed by atoms with Crippen LogP contribution >= 0.6 is 0 Å². The van der Waals surface area contributed by atoms with E-state index < -0.39 is 12.1 Å². The molecule has 17 heavy (non-hydrogen) atoms. The number of fused-ring (bicyclic) bond motifs is 1. The summed E-state index contributed by atoms with van der Waals surface area (Å²) < 4.78 is 0. The quantitative estimate of drug-likeness (QED) is 0.541. The molecule has 2 fully saturated rings. The van der Waals surface area contributed by atoms with Crippen LogP contribution in [0, 0.1) is 11.8 Å². The summed E-state index contributed by atoms with van der Waals surface area (Å²) in [5.74, 6) is -0.347. The highest BCUT2D eigenvalue weighted by molar-refractivity contribution is 6.05. The van der Waals surface area contributed by atoms with Gasteiger partial charge in [-0.25, -0.2) is 0 Å². The van der Waals surface area contributed by atoms with Crippen molar-refractivity contribution < 1.29 is 14.7 Å². The lowest BCUT2D eigenvalue weighted by Gasteiger charge is -2.24. The number of likely N-dealkylation sites (tertiary alicyclic amines) is 1. The van der Waals surface area contributed by atoms with E-state index in [9.17, 15) is 14.7 Å². The Morgan fingerprint density at radius 2 is 1.71 bits per heavy atom. The minimum absolute atomic E-state index is 0.0599. The summed E-state index contributed by atoms with van der Waals surface area (Å²) in [6, 6.07) is -0.416. The van der Waals surface area contributed by atoms with Crippen LogP contribution in [0.5, 0.6) is 0 Å². The van der Waals surface area contributed by atoms with Crippen molar-refractivity contribution in [1.82, 2.24) is 4.90 Å². The number of nitrogens with zero attached hydrogens (tertiary/aromatic N) is 1. The van der Waals surface area contributed by atoms with Crippen molar-refractivity contribution in [3.8, 4) is 0 Å². The first-order chi connectivity index (χ1) is 8.20. The molecule has 2 amide bonds. The third-order valence-electron chi connectivity index (χ3n) is 4.28. The number of hydrogen-bond donors (Lipinski definition) is 1. The van der Waals surface area contributed by atoms with Crippen LogP contribution in [0.1, 0.15) is 32.1 Å². The van der Waals surface area contributed by atoms with E-state index in [1.165, 1.54) is 4.90 Å². The van der Waals surface area contributed by atoms with Gasteiger partial charge in [0.1, 0.15) is 0 Å². The fourth-order valence-electron chi connectivity index (χ4n) is 3.37. The Morgan fingerprint density at radius 3 is 2.18 bits per heavy atom. The van der Waals surface area contributed by atoms with Crippen LogP contribution < -0.4 is 0 Å². The van der Waals surface area contributed by atoms with Crippen molar-refractivity contribution in [3.05, 3.63) is 12.2 Å². The molecule has 0 aromatic heterocycles. The Hall–Kier alpha value is -1.16. The number of amides is 2. The molecule has 0 aromatic rings. The second-order valence-electron chi connectivity index (χ2n) is 5.27. The number of carbonyl (C=O) groups excluding carboxylic acids is 2. The summed E-state index contributed by atoms with van der Waals surface area (Å²) in [7, 11) is 0. The standard InChI is InChI=1S/C13H17NO3/c15-11-7-3-6-10(11)14-12(16)8-4-1-2-5-9(8)13(14)17/h3,6,8-11,15H,1-2,4-5,7H2. The molecule has 4 heteroatoms. The van der Waals surface area contributed by atoms with Gasteiger partial charge >= 0.3 is 0 Å². The Morgan fingerprint density at radius 1 is 1.12 bits per heavy atom. The van der Waals surface area contributed by atoms with Crippen molar-refractivity contribution in [3.63, 3.8) is 0 Å². The molecule has 0 aromatic carbocycles. The summed E-state index contributed by atoms with van der Waals surface area (Å²) in [5, 5.41) is 9.81. The average Bonchev–Trinajstić information content (AvgIpc) is 2.84. The fourth-order valence-corrected chi connectivity index (χ4v) is 3.37. The second kappa shape index (κ2) is 3.95. The molecule has 1 N–H and O–H groups in total. The minimum atomic E-state index is -0.608. The molecule has 92 valence electrons. The number of carbonyl (C=O) groups is 2. The van der Waals surface area contributed by atoms with E-state index in [4.69, 9.17) is 0 Å². The number of imide groups is 1. The van der Waals surface area contributed by atoms with Crippen LogP contribution in [-0.2, 0) is 9.59 Å². The van der Waals surface area contributed by atoms with E-state index >= 15 is 0 Å². The highest BCUT2D eigenvalue weighted by atomic mass is 16.3. The van der Waals surface area contributed by atoms with E-state index in [0.29, 0.717) is 6.42 Å². The SMILES string of the molecule is O=C1C2CCCCC2C(=O)N1C1C=CCC1O. The Labute approximate surface area is 100 Å². The lowest BCUT2D eigenvalue weighted by Crippen LogP contribution is -2.44. The first kappa shape index (κ1) is 11.0. The van der Waals surface area contributed by atoms with Gasteiger partial charge in [-0.15, -0.1) is 0 Å². The van der Waals surface area contributed by atoms with Crippen LogP contribution in [0.15, 0.2) is 12.2 Å². The van der Waals surface area contributed by atoms with Gasteiger partial charge in [-0.1, -0.05) is 25.0 Å². The molecule has 1 saturated carbocycles. The highest BCUT2D eigenvalue weighted by Gasteiger charge is 2.51. The molecular weight excluding hydrogens is 218 g/mol. The van der Waals surface area contributed by atoms with Gasteiger partial charge in [0.05, 0.1) is 24.0 Å². The van der Waals surface area contributed by atoms with Crippen molar-refractivity contribution in [2.45, 2.75) is 44.2 Å². The molecule has 4 unspecified atom stereocenters. The van der Waals surface area contributed by atoms with Gasteiger partial charge in [0.25, 0.3) is 0 Å². The Bertz CT molecular complexity index is 366. The van der Waals surface area contributed by atoms with Gasteiger partial charge < -0.3 is 5.11 Å². The Balaban J connectivity index is 1.88. The van der Waals surface area contributed by atoms with Crippen LogP contribution in [0.2, 0.25) is 0 Å². The Kier molecular flexibility index (Phi) is 2.54. The first-order valence-electron chi connectivity index (χ1n) is 6.42. The predicted octanol–water partition coefficient (Wildman–Crippen LogP) is 0.851. The topological polar surface area (TPSA) is 57.6 Å². The summed E-state index contributed by atoms with van der Waals surface area (Å²) in [4.78, 5) is 25.8. The van der Waals surface area contributed by atoms with E-state index in [2.05, 4.69) is 0 Å². The lowest BCUT2D eigenvalue weighted by atomic mass is 9.81. The van der Waals surface area contributed by atoms with Crippen molar-refractivity contribution in [2.24, 2.45) is 11.8 Å². The largest absolute Gasteiger partial charge is 0.390 e. The molecule has 0 spiro atoms. The smallest absolute Gasteiger partial charge is 0.233 e. The zero-order valence-corrected chi connectivity index (χ0v) is 9.71. The van der Waals surface area contributed by atoms with E-state index in [1.54, 1.807) is 6.08 Å². The second-order valence-corrected chi connectivity index (χ2v) is 5.27. The summed E-state index contributed by atoms with van der Waals surface area (Å²) in [6.07, 6.45) is 7.31. The van der Waals surface area contributed by atoms with Crippen LogP contribution in [0.4, 0.5) is 0 Å². The van der Waals surface area contributed by atoms with Gasteiger partial charge in [-0.05, 0) is 19.3 Å². The molecule has 4 atom stereocenters. The van der Waals surface area contributed by atoms with Crippen LogP contribution in [0.25, 0.3) is 0 Å². The number of aliphatic hydroxyl groups is 1. The van der Waals surface area contributed by atoms with Gasteiger partial charge in [-0.2, -0.15) is 0 Å². The molecule has 1 heterocycles. The van der Waals surface area contributed by atoms with Crippen molar-refractivity contribution in [1.29, 1.82) is 0 Å². The third kappa shape index (κ3) is 1.54. The van der Waals surface area contributed by atoms with E-state index in [0.717, 1.165) is 25.7 Å². The first-order valence-corrected chi connectivity index (χ1v) is 6.42. The van der Waals surface area contributed by atoms with Crippen LogP contribution in [0.3, 0.4) is 0 Å². The number of hydrogen-bond acceptors (Lipinski definition) is 3. The van der Waals surface area contributed by atoms with Crippen molar-refractivity contribution >= 4 is 11.8 Å².